The first kappa shape index (κ1) is 20.2. The van der Waals surface area contributed by atoms with E-state index in [0.717, 1.165) is 25.9 Å². The summed E-state index contributed by atoms with van der Waals surface area (Å²) in [6.07, 6.45) is 3.39. The van der Waals surface area contributed by atoms with Crippen LogP contribution in [0.3, 0.4) is 0 Å². The molecule has 1 saturated heterocycles. The van der Waals surface area contributed by atoms with Gasteiger partial charge in [0.1, 0.15) is 11.0 Å². The number of amides is 1. The Hall–Kier alpha value is -2.54. The number of hydrogen-bond acceptors (Lipinski definition) is 5. The van der Waals surface area contributed by atoms with Crippen molar-refractivity contribution in [2.24, 2.45) is 0 Å². The summed E-state index contributed by atoms with van der Waals surface area (Å²) < 4.78 is 19.5. The van der Waals surface area contributed by atoms with E-state index in [1.807, 2.05) is 0 Å². The van der Waals surface area contributed by atoms with Crippen LogP contribution in [0.15, 0.2) is 30.3 Å². The number of aromatic nitrogens is 1. The summed E-state index contributed by atoms with van der Waals surface area (Å²) in [7, 11) is 1.65. The molecule has 28 heavy (non-hydrogen) atoms. The second-order valence-corrected chi connectivity index (χ2v) is 7.02. The van der Waals surface area contributed by atoms with E-state index in [1.165, 1.54) is 12.5 Å². The van der Waals surface area contributed by atoms with Crippen molar-refractivity contribution in [1.82, 2.24) is 10.3 Å². The molecule has 0 saturated carbocycles. The van der Waals surface area contributed by atoms with Gasteiger partial charge in [-0.25, -0.2) is 9.37 Å². The highest BCUT2D eigenvalue weighted by molar-refractivity contribution is 6.29. The third-order valence-corrected chi connectivity index (χ3v) is 4.82. The Morgan fingerprint density at radius 1 is 1.25 bits per heavy atom. The van der Waals surface area contributed by atoms with Crippen molar-refractivity contribution in [1.29, 1.82) is 0 Å². The van der Waals surface area contributed by atoms with Crippen LogP contribution in [0.2, 0.25) is 5.15 Å². The maximum atomic E-state index is 13.8. The molecule has 150 valence electrons. The smallest absolute Gasteiger partial charge is 0.258 e. The van der Waals surface area contributed by atoms with E-state index in [4.69, 9.17) is 16.3 Å². The third-order valence-electron chi connectivity index (χ3n) is 4.61. The molecule has 1 aliphatic rings. The molecule has 0 unspecified atom stereocenters. The maximum absolute atomic E-state index is 13.8. The summed E-state index contributed by atoms with van der Waals surface area (Å²) in [4.78, 5) is 18.7. The van der Waals surface area contributed by atoms with E-state index in [9.17, 15) is 9.18 Å². The number of benzene rings is 1. The number of nitrogens with one attached hydrogen (secondary N) is 2. The Morgan fingerprint density at radius 2 is 2.04 bits per heavy atom. The van der Waals surface area contributed by atoms with Gasteiger partial charge in [-0.1, -0.05) is 17.7 Å². The first-order valence-electron chi connectivity index (χ1n) is 9.34. The number of ether oxygens (including phenoxy) is 1. The van der Waals surface area contributed by atoms with Gasteiger partial charge in [0, 0.05) is 26.7 Å². The predicted octanol–water partition coefficient (Wildman–Crippen LogP) is 3.60. The lowest BCUT2D eigenvalue weighted by atomic mass is 10.1. The van der Waals surface area contributed by atoms with Gasteiger partial charge in [-0.15, -0.1) is 0 Å². The van der Waals surface area contributed by atoms with Gasteiger partial charge in [-0.3, -0.25) is 4.79 Å². The minimum atomic E-state index is -0.357. The molecule has 1 aliphatic heterocycles. The molecular formula is C20H24ClFN4O2. The first-order valence-corrected chi connectivity index (χ1v) is 9.72. The summed E-state index contributed by atoms with van der Waals surface area (Å²) in [5.41, 5.74) is 1.09. The fraction of sp³-hybridized carbons (Fsp3) is 0.400. The SMILES string of the molecule is CNc1ccc(CNC(=O)COc2ccc(Cl)nc2N2CCCCC2)cc1F. The van der Waals surface area contributed by atoms with Gasteiger partial charge in [0.2, 0.25) is 0 Å². The zero-order valence-electron chi connectivity index (χ0n) is 15.8. The second kappa shape index (κ2) is 9.59. The number of anilines is 2. The molecule has 2 heterocycles. The zero-order chi connectivity index (χ0) is 19.9. The van der Waals surface area contributed by atoms with E-state index in [0.29, 0.717) is 28.0 Å². The Labute approximate surface area is 169 Å². The van der Waals surface area contributed by atoms with Crippen molar-refractivity contribution in [2.75, 3.05) is 37.0 Å². The number of nitrogens with zero attached hydrogens (tertiary/aromatic N) is 2. The normalized spacial score (nSPS) is 13.9. The van der Waals surface area contributed by atoms with Crippen molar-refractivity contribution in [3.63, 3.8) is 0 Å². The van der Waals surface area contributed by atoms with E-state index in [1.54, 1.807) is 31.3 Å². The number of carbonyl (C=O) groups is 1. The van der Waals surface area contributed by atoms with Gasteiger partial charge in [0.05, 0.1) is 5.69 Å². The number of hydrogen-bond donors (Lipinski definition) is 2. The number of carbonyl (C=O) groups excluding carboxylic acids is 1. The maximum Gasteiger partial charge on any atom is 0.258 e. The van der Waals surface area contributed by atoms with Crippen LogP contribution in [0, 0.1) is 5.82 Å². The Balaban J connectivity index is 1.56. The van der Waals surface area contributed by atoms with Crippen LogP contribution < -0.4 is 20.3 Å². The topological polar surface area (TPSA) is 66.5 Å². The summed E-state index contributed by atoms with van der Waals surface area (Å²) >= 11 is 6.04. The van der Waals surface area contributed by atoms with Crippen LogP contribution in [-0.4, -0.2) is 37.6 Å². The average Bonchev–Trinajstić information content (AvgIpc) is 2.72. The molecule has 0 aliphatic carbocycles. The molecular weight excluding hydrogens is 383 g/mol. The lowest BCUT2D eigenvalue weighted by Crippen LogP contribution is -2.32. The van der Waals surface area contributed by atoms with Crippen molar-refractivity contribution in [2.45, 2.75) is 25.8 Å². The molecule has 2 aromatic rings. The monoisotopic (exact) mass is 406 g/mol. The Bertz CT molecular complexity index is 828. The van der Waals surface area contributed by atoms with Crippen LogP contribution in [0.1, 0.15) is 24.8 Å². The molecule has 0 spiro atoms. The van der Waals surface area contributed by atoms with Gasteiger partial charge in [-0.05, 0) is 49.1 Å². The van der Waals surface area contributed by atoms with Crippen LogP contribution in [0.25, 0.3) is 0 Å². The number of rotatable bonds is 7. The fourth-order valence-electron chi connectivity index (χ4n) is 3.12. The minimum absolute atomic E-state index is 0.152. The van der Waals surface area contributed by atoms with E-state index in [2.05, 4.69) is 20.5 Å². The number of pyridine rings is 1. The van der Waals surface area contributed by atoms with Gasteiger partial charge in [0.15, 0.2) is 18.2 Å². The Morgan fingerprint density at radius 3 is 2.75 bits per heavy atom. The van der Waals surface area contributed by atoms with Gasteiger partial charge < -0.3 is 20.3 Å². The van der Waals surface area contributed by atoms with Crippen molar-refractivity contribution in [3.8, 4) is 5.75 Å². The van der Waals surface area contributed by atoms with Crippen LogP contribution in [0.5, 0.6) is 5.75 Å². The van der Waals surface area contributed by atoms with E-state index < -0.39 is 0 Å². The van der Waals surface area contributed by atoms with E-state index in [-0.39, 0.29) is 24.9 Å². The highest BCUT2D eigenvalue weighted by atomic mass is 35.5. The summed E-state index contributed by atoms with van der Waals surface area (Å²) in [5, 5.41) is 5.89. The molecule has 1 fully saturated rings. The van der Waals surface area contributed by atoms with E-state index >= 15 is 0 Å². The average molecular weight is 407 g/mol. The van der Waals surface area contributed by atoms with Crippen molar-refractivity contribution in [3.05, 3.63) is 46.9 Å². The molecule has 1 aromatic carbocycles. The van der Waals surface area contributed by atoms with Crippen molar-refractivity contribution >= 4 is 29.0 Å². The summed E-state index contributed by atoms with van der Waals surface area (Å²) in [6.45, 7) is 1.86. The van der Waals surface area contributed by atoms with Gasteiger partial charge >= 0.3 is 0 Å². The van der Waals surface area contributed by atoms with Crippen molar-refractivity contribution < 1.29 is 13.9 Å². The highest BCUT2D eigenvalue weighted by Crippen LogP contribution is 2.30. The number of piperidine rings is 1. The quantitative estimate of drug-likeness (QED) is 0.688. The molecule has 6 nitrogen and oxygen atoms in total. The molecule has 8 heteroatoms. The molecule has 1 aromatic heterocycles. The molecule has 0 atom stereocenters. The lowest BCUT2D eigenvalue weighted by molar-refractivity contribution is -0.123. The predicted molar refractivity (Wildman–Crippen MR) is 109 cm³/mol. The van der Waals surface area contributed by atoms with Gasteiger partial charge in [0.25, 0.3) is 5.91 Å². The summed E-state index contributed by atoms with van der Waals surface area (Å²) in [6, 6.07) is 8.17. The third kappa shape index (κ3) is 5.25. The standard InChI is InChI=1S/C20H24ClFN4O2/c1-23-16-6-5-14(11-15(16)22)12-24-19(27)13-28-17-7-8-18(21)25-20(17)26-9-3-2-4-10-26/h5-8,11,23H,2-4,9-10,12-13H2,1H3,(H,24,27). The van der Waals surface area contributed by atoms with Gasteiger partial charge in [-0.2, -0.15) is 0 Å². The lowest BCUT2D eigenvalue weighted by Gasteiger charge is -2.29. The number of halogens is 2. The minimum Gasteiger partial charge on any atom is -0.480 e. The molecule has 3 rings (SSSR count). The highest BCUT2D eigenvalue weighted by Gasteiger charge is 2.18. The van der Waals surface area contributed by atoms with Crippen LogP contribution in [-0.2, 0) is 11.3 Å². The second-order valence-electron chi connectivity index (χ2n) is 6.63. The Kier molecular flexibility index (Phi) is 6.92. The van der Waals surface area contributed by atoms with Crippen LogP contribution in [0.4, 0.5) is 15.9 Å². The molecule has 0 radical (unpaired) electrons. The first-order chi connectivity index (χ1) is 13.6. The van der Waals surface area contributed by atoms with Crippen LogP contribution >= 0.6 is 11.6 Å². The largest absolute Gasteiger partial charge is 0.480 e. The fourth-order valence-corrected chi connectivity index (χ4v) is 3.27. The molecule has 1 amide bonds. The zero-order valence-corrected chi connectivity index (χ0v) is 16.6. The summed E-state index contributed by atoms with van der Waals surface area (Å²) in [5.74, 6) is 0.553. The molecule has 0 bridgehead atoms. The molecule has 2 N–H and O–H groups in total.